The number of amides is 1. The molecule has 1 aromatic carbocycles. The number of methoxy groups -OCH3 is 1. The first kappa shape index (κ1) is 11.9. The smallest absolute Gasteiger partial charge is 0.254 e. The molecule has 2 rings (SSSR count). The van der Waals surface area contributed by atoms with Crippen molar-refractivity contribution < 1.29 is 9.53 Å². The van der Waals surface area contributed by atoms with E-state index in [4.69, 9.17) is 4.74 Å². The maximum absolute atomic E-state index is 12.1. The summed E-state index contributed by atoms with van der Waals surface area (Å²) in [4.78, 5) is 12.1. The molecule has 0 radical (unpaired) electrons. The molecule has 1 N–H and O–H groups in total. The van der Waals surface area contributed by atoms with Crippen LogP contribution in [0.3, 0.4) is 0 Å². The third-order valence-electron chi connectivity index (χ3n) is 2.92. The van der Waals surface area contributed by atoms with Gasteiger partial charge in [-0.25, -0.2) is 0 Å². The molecule has 0 heterocycles. The van der Waals surface area contributed by atoms with Crippen molar-refractivity contribution in [3.05, 3.63) is 48.0 Å². The third kappa shape index (κ3) is 2.94. The predicted octanol–water partition coefficient (Wildman–Crippen LogP) is 2.21. The molecule has 0 spiro atoms. The SMILES string of the molecule is CO[C@H](C(=O)N[C@@H]1C=CCC1)c1ccccc1. The van der Waals surface area contributed by atoms with Crippen LogP contribution < -0.4 is 5.32 Å². The topological polar surface area (TPSA) is 38.3 Å². The molecule has 0 unspecified atom stereocenters. The van der Waals surface area contributed by atoms with Gasteiger partial charge in [-0.1, -0.05) is 42.5 Å². The Labute approximate surface area is 101 Å². The van der Waals surface area contributed by atoms with Crippen LogP contribution in [0.5, 0.6) is 0 Å². The van der Waals surface area contributed by atoms with Crippen LogP contribution in [0.15, 0.2) is 42.5 Å². The summed E-state index contributed by atoms with van der Waals surface area (Å²) in [6, 6.07) is 9.70. The van der Waals surface area contributed by atoms with Crippen LogP contribution in [-0.2, 0) is 9.53 Å². The Kier molecular flexibility index (Phi) is 3.94. The van der Waals surface area contributed by atoms with E-state index < -0.39 is 6.10 Å². The second kappa shape index (κ2) is 5.64. The highest BCUT2D eigenvalue weighted by atomic mass is 16.5. The second-order valence-electron chi connectivity index (χ2n) is 4.15. The average Bonchev–Trinajstić information content (AvgIpc) is 2.84. The van der Waals surface area contributed by atoms with Crippen LogP contribution in [0.25, 0.3) is 0 Å². The summed E-state index contributed by atoms with van der Waals surface area (Å²) in [6.07, 6.45) is 5.63. The van der Waals surface area contributed by atoms with Crippen molar-refractivity contribution in [2.24, 2.45) is 0 Å². The zero-order valence-corrected chi connectivity index (χ0v) is 9.93. The maximum Gasteiger partial charge on any atom is 0.254 e. The molecule has 0 aromatic heterocycles. The van der Waals surface area contributed by atoms with Gasteiger partial charge in [-0.3, -0.25) is 4.79 Å². The molecule has 1 aliphatic rings. The molecule has 1 aromatic rings. The van der Waals surface area contributed by atoms with Crippen LogP contribution >= 0.6 is 0 Å². The number of hydrogen-bond acceptors (Lipinski definition) is 2. The summed E-state index contributed by atoms with van der Waals surface area (Å²) in [5.74, 6) is -0.0738. The van der Waals surface area contributed by atoms with Crippen LogP contribution in [0.4, 0.5) is 0 Å². The lowest BCUT2D eigenvalue weighted by Crippen LogP contribution is -2.36. The maximum atomic E-state index is 12.1. The van der Waals surface area contributed by atoms with E-state index in [1.807, 2.05) is 36.4 Å². The Bertz CT molecular complexity index is 400. The standard InChI is InChI=1S/C14H17NO2/c1-17-13(11-7-3-2-4-8-11)14(16)15-12-9-5-6-10-12/h2-5,7-9,12-13H,6,10H2,1H3,(H,15,16)/t12-,13+/m1/s1. The molecule has 0 bridgehead atoms. The Morgan fingerprint density at radius 2 is 2.18 bits per heavy atom. The average molecular weight is 231 g/mol. The van der Waals surface area contributed by atoms with Gasteiger partial charge in [0.05, 0.1) is 0 Å². The van der Waals surface area contributed by atoms with Crippen molar-refractivity contribution in [1.29, 1.82) is 0 Å². The van der Waals surface area contributed by atoms with Crippen LogP contribution in [0, 0.1) is 0 Å². The number of carbonyl (C=O) groups excluding carboxylic acids is 1. The molecule has 3 heteroatoms. The number of carbonyl (C=O) groups is 1. The lowest BCUT2D eigenvalue weighted by atomic mass is 10.1. The van der Waals surface area contributed by atoms with Crippen molar-refractivity contribution in [3.63, 3.8) is 0 Å². The first-order valence-electron chi connectivity index (χ1n) is 5.86. The minimum Gasteiger partial charge on any atom is -0.367 e. The Morgan fingerprint density at radius 1 is 1.41 bits per heavy atom. The summed E-state index contributed by atoms with van der Waals surface area (Å²) in [5.41, 5.74) is 0.884. The van der Waals surface area contributed by atoms with Gasteiger partial charge in [0.2, 0.25) is 0 Å². The largest absolute Gasteiger partial charge is 0.367 e. The van der Waals surface area contributed by atoms with Crippen molar-refractivity contribution in [2.75, 3.05) is 7.11 Å². The summed E-state index contributed by atoms with van der Waals surface area (Å²) >= 11 is 0. The van der Waals surface area contributed by atoms with E-state index in [2.05, 4.69) is 11.4 Å². The summed E-state index contributed by atoms with van der Waals surface area (Å²) in [7, 11) is 1.56. The molecule has 0 saturated carbocycles. The van der Waals surface area contributed by atoms with E-state index in [-0.39, 0.29) is 11.9 Å². The highest BCUT2D eigenvalue weighted by Gasteiger charge is 2.22. The fraction of sp³-hybridized carbons (Fsp3) is 0.357. The molecule has 1 aliphatic carbocycles. The Morgan fingerprint density at radius 3 is 2.76 bits per heavy atom. The van der Waals surface area contributed by atoms with Crippen molar-refractivity contribution >= 4 is 5.91 Å². The number of ether oxygens (including phenoxy) is 1. The highest BCUT2D eigenvalue weighted by molar-refractivity contribution is 5.82. The molecule has 3 nitrogen and oxygen atoms in total. The van der Waals surface area contributed by atoms with Gasteiger partial charge in [-0.2, -0.15) is 0 Å². The summed E-state index contributed by atoms with van der Waals surface area (Å²) < 4.78 is 5.27. The molecule has 0 saturated heterocycles. The molecule has 17 heavy (non-hydrogen) atoms. The predicted molar refractivity (Wildman–Crippen MR) is 66.5 cm³/mol. The minimum atomic E-state index is -0.523. The van der Waals surface area contributed by atoms with E-state index in [0.29, 0.717) is 0 Å². The quantitative estimate of drug-likeness (QED) is 0.807. The van der Waals surface area contributed by atoms with Crippen LogP contribution in [-0.4, -0.2) is 19.1 Å². The normalized spacial score (nSPS) is 20.2. The highest BCUT2D eigenvalue weighted by Crippen LogP contribution is 2.18. The van der Waals surface area contributed by atoms with Gasteiger partial charge in [0.1, 0.15) is 0 Å². The first-order chi connectivity index (χ1) is 8.31. The lowest BCUT2D eigenvalue weighted by molar-refractivity contribution is -0.131. The fourth-order valence-corrected chi connectivity index (χ4v) is 2.03. The number of hydrogen-bond donors (Lipinski definition) is 1. The van der Waals surface area contributed by atoms with Gasteiger partial charge in [0, 0.05) is 13.2 Å². The Balaban J connectivity index is 2.03. The molecule has 0 fully saturated rings. The van der Waals surface area contributed by atoms with E-state index >= 15 is 0 Å². The number of benzene rings is 1. The monoisotopic (exact) mass is 231 g/mol. The summed E-state index contributed by atoms with van der Waals surface area (Å²) in [5, 5.41) is 2.98. The first-order valence-corrected chi connectivity index (χ1v) is 5.86. The van der Waals surface area contributed by atoms with Gasteiger partial charge in [0.25, 0.3) is 5.91 Å². The van der Waals surface area contributed by atoms with Crippen LogP contribution in [0.2, 0.25) is 0 Å². The minimum absolute atomic E-state index is 0.0738. The second-order valence-corrected chi connectivity index (χ2v) is 4.15. The van der Waals surface area contributed by atoms with Gasteiger partial charge in [-0.15, -0.1) is 0 Å². The van der Waals surface area contributed by atoms with Gasteiger partial charge < -0.3 is 10.1 Å². The number of nitrogens with one attached hydrogen (secondary N) is 1. The van der Waals surface area contributed by atoms with E-state index in [0.717, 1.165) is 18.4 Å². The molecule has 0 aliphatic heterocycles. The molecule has 2 atom stereocenters. The Hall–Kier alpha value is -1.61. The zero-order valence-electron chi connectivity index (χ0n) is 9.93. The van der Waals surface area contributed by atoms with Crippen molar-refractivity contribution in [1.82, 2.24) is 5.32 Å². The van der Waals surface area contributed by atoms with Gasteiger partial charge in [-0.05, 0) is 18.4 Å². The molecule has 90 valence electrons. The lowest BCUT2D eigenvalue weighted by Gasteiger charge is -2.18. The van der Waals surface area contributed by atoms with Crippen molar-refractivity contribution in [2.45, 2.75) is 25.0 Å². The van der Waals surface area contributed by atoms with E-state index in [1.54, 1.807) is 7.11 Å². The zero-order chi connectivity index (χ0) is 12.1. The number of allylic oxidation sites excluding steroid dienone is 1. The van der Waals surface area contributed by atoms with E-state index in [1.165, 1.54) is 0 Å². The fourth-order valence-electron chi connectivity index (χ4n) is 2.03. The number of rotatable bonds is 4. The van der Waals surface area contributed by atoms with E-state index in [9.17, 15) is 4.79 Å². The molecule has 1 amide bonds. The van der Waals surface area contributed by atoms with Crippen molar-refractivity contribution in [3.8, 4) is 0 Å². The van der Waals surface area contributed by atoms with Crippen LogP contribution in [0.1, 0.15) is 24.5 Å². The summed E-state index contributed by atoms with van der Waals surface area (Å²) in [6.45, 7) is 0. The van der Waals surface area contributed by atoms with Gasteiger partial charge in [0.15, 0.2) is 6.10 Å². The molecular formula is C14H17NO2. The third-order valence-corrected chi connectivity index (χ3v) is 2.92. The van der Waals surface area contributed by atoms with Gasteiger partial charge >= 0.3 is 0 Å². The molecular weight excluding hydrogens is 214 g/mol.